The number of ether oxygens (including phenoxy) is 1. The fraction of sp³-hybridized carbons (Fsp3) is 0.286. The first kappa shape index (κ1) is 20.1. The van der Waals surface area contributed by atoms with Crippen molar-refractivity contribution in [3.63, 3.8) is 0 Å². The van der Waals surface area contributed by atoms with Crippen molar-refractivity contribution >= 4 is 27.7 Å². The van der Waals surface area contributed by atoms with Gasteiger partial charge in [0.25, 0.3) is 0 Å². The Bertz CT molecular complexity index is 950. The van der Waals surface area contributed by atoms with Gasteiger partial charge in [-0.25, -0.2) is 8.42 Å². The molecular weight excluding hydrogens is 376 g/mol. The molecule has 1 amide bonds. The minimum atomic E-state index is -3.64. The third kappa shape index (κ3) is 4.79. The van der Waals surface area contributed by atoms with Crippen LogP contribution in [0.2, 0.25) is 0 Å². The van der Waals surface area contributed by atoms with Crippen molar-refractivity contribution in [2.45, 2.75) is 24.2 Å². The minimum Gasteiger partial charge on any atom is -0.495 e. The average Bonchev–Trinajstić information content (AvgIpc) is 2.73. The van der Waals surface area contributed by atoms with E-state index in [0.29, 0.717) is 30.1 Å². The van der Waals surface area contributed by atoms with Gasteiger partial charge < -0.3 is 10.1 Å². The first-order chi connectivity index (χ1) is 13.5. The van der Waals surface area contributed by atoms with E-state index in [4.69, 9.17) is 4.74 Å². The Balaban J connectivity index is 1.81. The maximum Gasteiger partial charge on any atom is 0.248 e. The van der Waals surface area contributed by atoms with Crippen molar-refractivity contribution in [3.8, 4) is 5.75 Å². The zero-order valence-electron chi connectivity index (χ0n) is 15.8. The lowest BCUT2D eigenvalue weighted by atomic mass is 10.2. The molecule has 1 heterocycles. The van der Waals surface area contributed by atoms with Gasteiger partial charge in [0.2, 0.25) is 15.9 Å². The van der Waals surface area contributed by atoms with E-state index in [9.17, 15) is 13.2 Å². The predicted octanol–water partition coefficient (Wildman–Crippen LogP) is 3.52. The Morgan fingerprint density at radius 1 is 1.07 bits per heavy atom. The molecule has 7 heteroatoms. The van der Waals surface area contributed by atoms with Crippen molar-refractivity contribution in [2.24, 2.45) is 0 Å². The molecule has 0 unspecified atom stereocenters. The Labute approximate surface area is 165 Å². The number of hydrogen-bond donors (Lipinski definition) is 1. The molecule has 1 saturated heterocycles. The number of anilines is 1. The summed E-state index contributed by atoms with van der Waals surface area (Å²) < 4.78 is 32.9. The molecule has 1 fully saturated rings. The number of rotatable bonds is 6. The van der Waals surface area contributed by atoms with Crippen LogP contribution in [0.5, 0.6) is 5.75 Å². The Hall–Kier alpha value is -2.64. The van der Waals surface area contributed by atoms with Crippen molar-refractivity contribution < 1.29 is 17.9 Å². The molecule has 1 aliphatic rings. The van der Waals surface area contributed by atoms with Crippen LogP contribution in [0.4, 0.5) is 5.69 Å². The lowest BCUT2D eigenvalue weighted by molar-refractivity contribution is -0.111. The SMILES string of the molecule is COc1ccc(C=CC(=O)Nc2ccccc2)cc1S(=O)(=O)N1CCCCC1. The van der Waals surface area contributed by atoms with E-state index in [1.54, 1.807) is 36.4 Å². The molecule has 3 rings (SSSR count). The van der Waals surface area contributed by atoms with E-state index in [-0.39, 0.29) is 10.8 Å². The summed E-state index contributed by atoms with van der Waals surface area (Å²) in [5, 5.41) is 2.75. The second kappa shape index (κ2) is 9.03. The van der Waals surface area contributed by atoms with Crippen LogP contribution >= 0.6 is 0 Å². The van der Waals surface area contributed by atoms with E-state index in [1.807, 2.05) is 18.2 Å². The third-order valence-electron chi connectivity index (χ3n) is 4.59. The fourth-order valence-electron chi connectivity index (χ4n) is 3.12. The number of hydrogen-bond acceptors (Lipinski definition) is 4. The zero-order valence-corrected chi connectivity index (χ0v) is 16.6. The number of carbonyl (C=O) groups excluding carboxylic acids is 1. The fourth-order valence-corrected chi connectivity index (χ4v) is 4.83. The molecule has 1 aliphatic heterocycles. The van der Waals surface area contributed by atoms with Crippen molar-refractivity contribution in [1.29, 1.82) is 0 Å². The molecule has 0 bridgehead atoms. The molecule has 6 nitrogen and oxygen atoms in total. The van der Waals surface area contributed by atoms with Gasteiger partial charge in [-0.05, 0) is 48.7 Å². The highest BCUT2D eigenvalue weighted by molar-refractivity contribution is 7.89. The van der Waals surface area contributed by atoms with Crippen LogP contribution < -0.4 is 10.1 Å². The highest BCUT2D eigenvalue weighted by Crippen LogP contribution is 2.30. The lowest BCUT2D eigenvalue weighted by Gasteiger charge is -2.26. The van der Waals surface area contributed by atoms with Gasteiger partial charge in [0.1, 0.15) is 10.6 Å². The minimum absolute atomic E-state index is 0.127. The summed E-state index contributed by atoms with van der Waals surface area (Å²) >= 11 is 0. The molecule has 2 aromatic carbocycles. The first-order valence-electron chi connectivity index (χ1n) is 9.23. The number of benzene rings is 2. The quantitative estimate of drug-likeness (QED) is 0.753. The number of nitrogens with zero attached hydrogens (tertiary/aromatic N) is 1. The van der Waals surface area contributed by atoms with E-state index >= 15 is 0 Å². The summed E-state index contributed by atoms with van der Waals surface area (Å²) in [6.07, 6.45) is 5.74. The molecule has 1 N–H and O–H groups in total. The molecule has 0 saturated carbocycles. The van der Waals surface area contributed by atoms with E-state index < -0.39 is 10.0 Å². The second-order valence-electron chi connectivity index (χ2n) is 6.56. The van der Waals surface area contributed by atoms with Crippen LogP contribution in [0.25, 0.3) is 6.08 Å². The second-order valence-corrected chi connectivity index (χ2v) is 8.47. The summed E-state index contributed by atoms with van der Waals surface area (Å²) in [7, 11) is -2.19. The molecule has 0 spiro atoms. The van der Waals surface area contributed by atoms with Crippen molar-refractivity contribution in [2.75, 3.05) is 25.5 Å². The number of sulfonamides is 1. The van der Waals surface area contributed by atoms with E-state index in [2.05, 4.69) is 5.32 Å². The highest BCUT2D eigenvalue weighted by Gasteiger charge is 2.28. The van der Waals surface area contributed by atoms with E-state index in [1.165, 1.54) is 17.5 Å². The number of carbonyl (C=O) groups is 1. The van der Waals surface area contributed by atoms with Crippen LogP contribution in [0.1, 0.15) is 24.8 Å². The maximum atomic E-state index is 13.0. The monoisotopic (exact) mass is 400 g/mol. The van der Waals surface area contributed by atoms with Crippen LogP contribution in [0, 0.1) is 0 Å². The number of methoxy groups -OCH3 is 1. The largest absolute Gasteiger partial charge is 0.495 e. The summed E-state index contributed by atoms with van der Waals surface area (Å²) in [6.45, 7) is 1.04. The van der Waals surface area contributed by atoms with Gasteiger partial charge in [-0.3, -0.25) is 4.79 Å². The number of para-hydroxylation sites is 1. The summed E-state index contributed by atoms with van der Waals surface area (Å²) in [5.74, 6) is 0.0129. The van der Waals surface area contributed by atoms with E-state index in [0.717, 1.165) is 19.3 Å². The molecule has 0 atom stereocenters. The highest BCUT2D eigenvalue weighted by atomic mass is 32.2. The van der Waals surface area contributed by atoms with Crippen LogP contribution in [-0.4, -0.2) is 38.8 Å². The van der Waals surface area contributed by atoms with Gasteiger partial charge in [-0.2, -0.15) is 4.31 Å². The normalized spacial score (nSPS) is 15.5. The van der Waals surface area contributed by atoms with Gasteiger partial charge >= 0.3 is 0 Å². The van der Waals surface area contributed by atoms with Gasteiger partial charge in [-0.1, -0.05) is 30.7 Å². The molecule has 148 valence electrons. The summed E-state index contributed by atoms with van der Waals surface area (Å²) in [6, 6.07) is 14.0. The smallest absolute Gasteiger partial charge is 0.248 e. The number of amides is 1. The molecular formula is C21H24N2O4S. The Kier molecular flexibility index (Phi) is 6.49. The summed E-state index contributed by atoms with van der Waals surface area (Å²) in [5.41, 5.74) is 1.31. The van der Waals surface area contributed by atoms with Crippen LogP contribution in [0.3, 0.4) is 0 Å². The van der Waals surface area contributed by atoms with Crippen molar-refractivity contribution in [3.05, 3.63) is 60.2 Å². The number of nitrogens with one attached hydrogen (secondary N) is 1. The van der Waals surface area contributed by atoms with Gasteiger partial charge in [0.05, 0.1) is 7.11 Å². The Morgan fingerprint density at radius 2 is 1.79 bits per heavy atom. The van der Waals surface area contributed by atoms with Crippen molar-refractivity contribution in [1.82, 2.24) is 4.31 Å². The maximum absolute atomic E-state index is 13.0. The number of piperidine rings is 1. The first-order valence-corrected chi connectivity index (χ1v) is 10.7. The van der Waals surface area contributed by atoms with Gasteiger partial charge in [-0.15, -0.1) is 0 Å². The summed E-state index contributed by atoms with van der Waals surface area (Å²) in [4.78, 5) is 12.2. The van der Waals surface area contributed by atoms with Gasteiger partial charge in [0, 0.05) is 24.9 Å². The standard InChI is InChI=1S/C21H24N2O4S/c1-27-19-12-10-17(11-13-21(24)22-18-8-4-2-5-9-18)16-20(19)28(25,26)23-14-6-3-7-15-23/h2,4-5,8-13,16H,3,6-7,14-15H2,1H3,(H,22,24). The van der Waals surface area contributed by atoms with Crippen LogP contribution in [-0.2, 0) is 14.8 Å². The third-order valence-corrected chi connectivity index (χ3v) is 6.51. The van der Waals surface area contributed by atoms with Gasteiger partial charge in [0.15, 0.2) is 0 Å². The molecule has 2 aromatic rings. The molecule has 0 aromatic heterocycles. The Morgan fingerprint density at radius 3 is 2.46 bits per heavy atom. The predicted molar refractivity (Wildman–Crippen MR) is 110 cm³/mol. The van der Waals surface area contributed by atoms with Crippen LogP contribution in [0.15, 0.2) is 59.5 Å². The molecule has 0 radical (unpaired) electrons. The zero-order chi connectivity index (χ0) is 20.0. The lowest BCUT2D eigenvalue weighted by Crippen LogP contribution is -2.35. The average molecular weight is 401 g/mol. The molecule has 28 heavy (non-hydrogen) atoms. The molecule has 0 aliphatic carbocycles. The topological polar surface area (TPSA) is 75.7 Å².